The molecule has 6 N–H and O–H groups in total. The van der Waals surface area contributed by atoms with Gasteiger partial charge in [-0.25, -0.2) is 0 Å². The van der Waals surface area contributed by atoms with Gasteiger partial charge in [-0.3, -0.25) is 28.8 Å². The molecule has 2 fully saturated rings. The molecule has 2 heterocycles. The molecule has 2 aliphatic rings. The van der Waals surface area contributed by atoms with Gasteiger partial charge in [0.05, 0.1) is 30.8 Å². The van der Waals surface area contributed by atoms with Gasteiger partial charge in [-0.2, -0.15) is 0 Å². The molecule has 15 nitrogen and oxygen atoms in total. The van der Waals surface area contributed by atoms with Crippen molar-refractivity contribution in [3.8, 4) is 33.8 Å². The highest BCUT2D eigenvalue weighted by Crippen LogP contribution is 2.40. The Morgan fingerprint density at radius 3 is 1.53 bits per heavy atom. The lowest BCUT2D eigenvalue weighted by Crippen LogP contribution is -2.60. The number of carboxylic acids is 1. The van der Waals surface area contributed by atoms with Crippen molar-refractivity contribution in [1.29, 1.82) is 0 Å². The Hall–Kier alpha value is -5.23. The van der Waals surface area contributed by atoms with E-state index >= 15 is 0 Å². The van der Waals surface area contributed by atoms with Gasteiger partial charge in [0.1, 0.15) is 23.6 Å². The van der Waals surface area contributed by atoms with Crippen molar-refractivity contribution in [1.82, 2.24) is 20.0 Å². The molecule has 0 aromatic heterocycles. The number of aryl methyl sites for hydroxylation is 2. The molecule has 0 radical (unpaired) electrons. The number of primary amides is 2. The van der Waals surface area contributed by atoms with E-state index < -0.39 is 35.8 Å². The number of ether oxygens (including phenoxy) is 2. The van der Waals surface area contributed by atoms with Crippen molar-refractivity contribution in [2.75, 3.05) is 53.5 Å². The fraction of sp³-hybridized carbons (Fsp3) is 0.292. The highest BCUT2D eigenvalue weighted by molar-refractivity contribution is 6.38. The second kappa shape index (κ2) is 28.0. The molecule has 2 unspecified atom stereocenters. The Balaban J connectivity index is 0.000000307. The van der Waals surface area contributed by atoms with Gasteiger partial charge < -0.3 is 46.1 Å². The van der Waals surface area contributed by atoms with E-state index in [0.29, 0.717) is 103 Å². The summed E-state index contributed by atoms with van der Waals surface area (Å²) in [6, 6.07) is 15.7. The minimum Gasteiger partial charge on any atom is -0.496 e. The van der Waals surface area contributed by atoms with E-state index in [1.54, 1.807) is 59.5 Å². The first-order chi connectivity index (χ1) is 32.7. The first-order valence-corrected chi connectivity index (χ1v) is 23.3. The van der Waals surface area contributed by atoms with Crippen LogP contribution in [-0.4, -0.2) is 121 Å². The zero-order valence-corrected chi connectivity index (χ0v) is 43.3. The molecule has 2 saturated heterocycles. The topological polar surface area (TPSA) is 215 Å². The van der Waals surface area contributed by atoms with E-state index in [-0.39, 0.29) is 50.2 Å². The molecular formula is C48H51Cl7N6O9. The molecule has 70 heavy (non-hydrogen) atoms. The van der Waals surface area contributed by atoms with Gasteiger partial charge in [-0.05, 0) is 96.8 Å². The molecule has 0 spiro atoms. The zero-order chi connectivity index (χ0) is 51.1. The Bertz CT molecular complexity index is 2600. The van der Waals surface area contributed by atoms with Crippen molar-refractivity contribution < 1.29 is 43.3 Å². The largest absolute Gasteiger partial charge is 0.496 e. The number of hydrogen-bond donors (Lipinski definition) is 4. The smallest absolute Gasteiger partial charge is 0.303 e. The van der Waals surface area contributed by atoms with Crippen LogP contribution in [0.25, 0.3) is 22.3 Å². The number of rotatable bonds is 14. The van der Waals surface area contributed by atoms with Crippen LogP contribution < -0.4 is 26.3 Å². The Kier molecular flexibility index (Phi) is 23.6. The summed E-state index contributed by atoms with van der Waals surface area (Å²) in [7, 11) is 3.04. The highest BCUT2D eigenvalue weighted by atomic mass is 35.5. The van der Waals surface area contributed by atoms with E-state index in [1.165, 1.54) is 30.1 Å². The number of carboxylic acid groups (broad SMARTS) is 1. The van der Waals surface area contributed by atoms with Gasteiger partial charge in [-0.1, -0.05) is 82.8 Å². The quantitative estimate of drug-likeness (QED) is 0.0889. The Morgan fingerprint density at radius 2 is 1.10 bits per heavy atom. The summed E-state index contributed by atoms with van der Waals surface area (Å²) in [4.78, 5) is 74.1. The number of aliphatic carboxylic acids is 1. The van der Waals surface area contributed by atoms with Crippen LogP contribution in [0.1, 0.15) is 24.0 Å². The minimum absolute atomic E-state index is 0. The van der Waals surface area contributed by atoms with Gasteiger partial charge in [-0.15, -0.1) is 12.4 Å². The maximum Gasteiger partial charge on any atom is 0.303 e. The summed E-state index contributed by atoms with van der Waals surface area (Å²) in [5.41, 5.74) is 14.8. The van der Waals surface area contributed by atoms with E-state index in [2.05, 4.69) is 18.5 Å². The fourth-order valence-electron chi connectivity index (χ4n) is 7.41. The van der Waals surface area contributed by atoms with Crippen molar-refractivity contribution in [3.05, 3.63) is 127 Å². The van der Waals surface area contributed by atoms with Gasteiger partial charge in [0.2, 0.25) is 29.5 Å². The van der Waals surface area contributed by atoms with Crippen molar-refractivity contribution in [3.63, 3.8) is 0 Å². The molecule has 6 rings (SSSR count). The number of carbonyl (C=O) groups is 6. The van der Waals surface area contributed by atoms with Gasteiger partial charge in [0.15, 0.2) is 0 Å². The second-order valence-corrected chi connectivity index (χ2v) is 17.8. The van der Waals surface area contributed by atoms with E-state index in [1.807, 2.05) is 6.07 Å². The number of hydrogen-bond acceptors (Lipinski definition) is 9. The second-order valence-electron chi connectivity index (χ2n) is 15.3. The Morgan fingerprint density at radius 1 is 0.657 bits per heavy atom. The van der Waals surface area contributed by atoms with Gasteiger partial charge in [0.25, 0.3) is 0 Å². The zero-order valence-electron chi connectivity index (χ0n) is 38.0. The first-order valence-electron chi connectivity index (χ1n) is 21.0. The van der Waals surface area contributed by atoms with E-state index in [0.717, 1.165) is 17.2 Å². The number of methoxy groups -OCH3 is 2. The average molecular weight is 1100 g/mol. The average Bonchev–Trinajstić information content (AvgIpc) is 3.33. The lowest BCUT2D eigenvalue weighted by atomic mass is 9.99. The fourth-order valence-corrected chi connectivity index (χ4v) is 8.70. The van der Waals surface area contributed by atoms with E-state index in [9.17, 15) is 28.8 Å². The number of piperazine rings is 2. The van der Waals surface area contributed by atoms with Crippen LogP contribution >= 0.6 is 82.0 Å². The third kappa shape index (κ3) is 15.9. The van der Waals surface area contributed by atoms with Crippen LogP contribution in [0.5, 0.6) is 11.5 Å². The SMILES string of the molecule is C=CC(=O)N1CCN(C(=O)CCc2cc(-c3cc(Cl)ccc3Cl)c(Cl)cc2OC)CC1C(N)=O.C=CC(=O)N1CCNCC1C(N)=O.COc1cc(Cl)c(-c2cc(Cl)ccc2Cl)cc1CCC(=O)O.Cl. The monoisotopic (exact) mass is 1100 g/mol. The highest BCUT2D eigenvalue weighted by Gasteiger charge is 2.35. The molecule has 0 bridgehead atoms. The molecular weight excluding hydrogens is 1050 g/mol. The maximum atomic E-state index is 13.0. The maximum absolute atomic E-state index is 13.0. The lowest BCUT2D eigenvalue weighted by Gasteiger charge is -2.39. The van der Waals surface area contributed by atoms with E-state index in [4.69, 9.17) is 95.7 Å². The number of nitrogens with one attached hydrogen (secondary N) is 1. The number of carbonyl (C=O) groups excluding carboxylic acids is 5. The third-order valence-electron chi connectivity index (χ3n) is 10.9. The first kappa shape index (κ1) is 59.1. The molecule has 22 heteroatoms. The standard InChI is InChI=1S/C24H24Cl3N3O4.C16H13Cl3O3.C8H13N3O2.ClH/c1-3-22(31)30-9-8-29(13-20(30)24(28)33)23(32)7-4-14-10-16(19(27)12-21(14)34-2)17-11-15(25)5-6-18(17)26;1-22-15-8-14(19)11(6-9(15)2-5-16(20)21)12-7-10(17)3-4-13(12)18;1-2-7(12)11-4-3-10-5-6(11)8(9)13;/h3,5-6,10-12,20H,1,4,7-9,13H2,2H3,(H2,28,33);3-4,6-8H,2,5H2,1H3,(H,20,21);2,6,10H,1,3-5H2,(H2,9,13);1H. The number of nitrogens with zero attached hydrogens (tertiary/aromatic N) is 3. The Labute approximate surface area is 441 Å². The predicted octanol–water partition coefficient (Wildman–Crippen LogP) is 8.19. The van der Waals surface area contributed by atoms with Gasteiger partial charge in [0, 0.05) is 87.9 Å². The van der Waals surface area contributed by atoms with Crippen LogP contribution in [0.3, 0.4) is 0 Å². The van der Waals surface area contributed by atoms with Gasteiger partial charge >= 0.3 is 5.97 Å². The molecule has 0 saturated carbocycles. The summed E-state index contributed by atoms with van der Waals surface area (Å²) in [5.74, 6) is -1.75. The lowest BCUT2D eigenvalue weighted by molar-refractivity contribution is -0.144. The normalized spacial score (nSPS) is 15.1. The number of benzene rings is 4. The molecule has 0 aliphatic carbocycles. The summed E-state index contributed by atoms with van der Waals surface area (Å²) in [5, 5.41) is 14.8. The molecule has 2 aliphatic heterocycles. The minimum atomic E-state index is -0.898. The summed E-state index contributed by atoms with van der Waals surface area (Å²) in [6.45, 7) is 8.95. The van der Waals surface area contributed by atoms with Crippen molar-refractivity contribution in [2.45, 2.75) is 37.8 Å². The predicted molar refractivity (Wildman–Crippen MR) is 278 cm³/mol. The molecule has 4 aromatic rings. The summed E-state index contributed by atoms with van der Waals surface area (Å²) >= 11 is 37.5. The molecule has 376 valence electrons. The van der Waals surface area contributed by atoms with Crippen LogP contribution in [-0.2, 0) is 41.6 Å². The van der Waals surface area contributed by atoms with Crippen LogP contribution in [0.15, 0.2) is 86.0 Å². The van der Waals surface area contributed by atoms with Crippen LogP contribution in [0.4, 0.5) is 0 Å². The number of halogens is 7. The van der Waals surface area contributed by atoms with Crippen molar-refractivity contribution >= 4 is 118 Å². The molecule has 2 atom stereocenters. The molecule has 5 amide bonds. The van der Waals surface area contributed by atoms with Crippen LogP contribution in [0.2, 0.25) is 30.1 Å². The summed E-state index contributed by atoms with van der Waals surface area (Å²) < 4.78 is 10.7. The molecule has 4 aromatic carbocycles. The number of nitrogens with two attached hydrogens (primary N) is 2. The summed E-state index contributed by atoms with van der Waals surface area (Å²) in [6.07, 6.45) is 3.17. The van der Waals surface area contributed by atoms with Crippen LogP contribution in [0, 0.1) is 0 Å². The van der Waals surface area contributed by atoms with Crippen molar-refractivity contribution in [2.24, 2.45) is 11.5 Å². The third-order valence-corrected chi connectivity index (χ3v) is 12.7. The number of amides is 5.